The van der Waals surface area contributed by atoms with Gasteiger partial charge in [-0.1, -0.05) is 41.4 Å². The number of hydrogen-bond acceptors (Lipinski definition) is 2. The van der Waals surface area contributed by atoms with Crippen LogP contribution in [0.15, 0.2) is 42.5 Å². The number of hydrogen-bond donors (Lipinski definition) is 1. The van der Waals surface area contributed by atoms with E-state index in [4.69, 9.17) is 27.9 Å². The van der Waals surface area contributed by atoms with Crippen LogP contribution in [0.1, 0.15) is 24.2 Å². The largest absolute Gasteiger partial charge is 0.494 e. The summed E-state index contributed by atoms with van der Waals surface area (Å²) in [5, 5.41) is 11.5. The third kappa shape index (κ3) is 3.89. The van der Waals surface area contributed by atoms with Crippen molar-refractivity contribution < 1.29 is 9.84 Å². The number of benzene rings is 2. The van der Waals surface area contributed by atoms with Crippen molar-refractivity contribution in [2.75, 3.05) is 6.61 Å². The van der Waals surface area contributed by atoms with E-state index in [0.29, 0.717) is 23.1 Å². The van der Waals surface area contributed by atoms with Crippen LogP contribution in [-0.4, -0.2) is 11.7 Å². The summed E-state index contributed by atoms with van der Waals surface area (Å²) in [6.45, 7) is 2.53. The lowest BCUT2D eigenvalue weighted by atomic mass is 10.0. The molecular weight excluding hydrogens is 295 g/mol. The normalized spacial score (nSPS) is 12.2. The maximum Gasteiger partial charge on any atom is 0.119 e. The molecule has 0 aliphatic rings. The van der Waals surface area contributed by atoms with E-state index in [9.17, 15) is 5.11 Å². The van der Waals surface area contributed by atoms with E-state index in [1.54, 1.807) is 12.1 Å². The second kappa shape index (κ2) is 6.98. The molecule has 106 valence electrons. The molecule has 2 rings (SSSR count). The fourth-order valence-electron chi connectivity index (χ4n) is 1.99. The van der Waals surface area contributed by atoms with E-state index in [1.807, 2.05) is 37.3 Å². The minimum atomic E-state index is -0.630. The molecule has 2 nitrogen and oxygen atoms in total. The predicted molar refractivity (Wildman–Crippen MR) is 82.7 cm³/mol. The van der Waals surface area contributed by atoms with Crippen molar-refractivity contribution in [1.29, 1.82) is 0 Å². The molecule has 0 saturated carbocycles. The highest BCUT2D eigenvalue weighted by Crippen LogP contribution is 2.27. The summed E-state index contributed by atoms with van der Waals surface area (Å²) >= 11 is 12.0. The molecule has 2 aromatic rings. The monoisotopic (exact) mass is 310 g/mol. The average Bonchev–Trinajstić information content (AvgIpc) is 2.42. The molecule has 0 heterocycles. The van der Waals surface area contributed by atoms with Gasteiger partial charge in [0, 0.05) is 16.5 Å². The molecule has 4 heteroatoms. The molecule has 0 aliphatic carbocycles. The number of aliphatic hydroxyl groups is 1. The SMILES string of the molecule is CCOc1cccc(C(O)Cc2ccc(Cl)cc2Cl)c1. The topological polar surface area (TPSA) is 29.5 Å². The molecule has 1 N–H and O–H groups in total. The molecule has 1 unspecified atom stereocenters. The van der Waals surface area contributed by atoms with Crippen LogP contribution in [0, 0.1) is 0 Å². The zero-order valence-electron chi connectivity index (χ0n) is 11.1. The summed E-state index contributed by atoms with van der Waals surface area (Å²) < 4.78 is 5.43. The molecule has 0 aliphatic heterocycles. The van der Waals surface area contributed by atoms with E-state index in [-0.39, 0.29) is 0 Å². The molecule has 0 spiro atoms. The van der Waals surface area contributed by atoms with Crippen molar-refractivity contribution >= 4 is 23.2 Å². The first-order valence-electron chi connectivity index (χ1n) is 6.45. The lowest BCUT2D eigenvalue weighted by Crippen LogP contribution is -2.03. The number of halogens is 2. The number of rotatable bonds is 5. The van der Waals surface area contributed by atoms with E-state index in [0.717, 1.165) is 16.9 Å². The van der Waals surface area contributed by atoms with Crippen LogP contribution in [0.2, 0.25) is 10.0 Å². The summed E-state index contributed by atoms with van der Waals surface area (Å²) in [7, 11) is 0. The van der Waals surface area contributed by atoms with Crippen LogP contribution in [0.3, 0.4) is 0 Å². The van der Waals surface area contributed by atoms with Crippen LogP contribution in [0.5, 0.6) is 5.75 Å². The first-order valence-corrected chi connectivity index (χ1v) is 7.20. The third-order valence-corrected chi connectivity index (χ3v) is 3.57. The van der Waals surface area contributed by atoms with Crippen LogP contribution in [0.4, 0.5) is 0 Å². The summed E-state index contributed by atoms with van der Waals surface area (Å²) in [5.74, 6) is 0.756. The van der Waals surface area contributed by atoms with Crippen molar-refractivity contribution in [3.8, 4) is 5.75 Å². The van der Waals surface area contributed by atoms with E-state index in [2.05, 4.69) is 0 Å². The van der Waals surface area contributed by atoms with Crippen molar-refractivity contribution in [2.45, 2.75) is 19.4 Å². The maximum atomic E-state index is 10.3. The Labute approximate surface area is 128 Å². The van der Waals surface area contributed by atoms with Gasteiger partial charge in [0.05, 0.1) is 12.7 Å². The van der Waals surface area contributed by atoms with E-state index < -0.39 is 6.10 Å². The van der Waals surface area contributed by atoms with Crippen LogP contribution in [-0.2, 0) is 6.42 Å². The van der Waals surface area contributed by atoms with Gasteiger partial charge in [0.15, 0.2) is 0 Å². The lowest BCUT2D eigenvalue weighted by Gasteiger charge is -2.13. The minimum Gasteiger partial charge on any atom is -0.494 e. The molecule has 0 saturated heterocycles. The highest BCUT2D eigenvalue weighted by atomic mass is 35.5. The molecular formula is C16H16Cl2O2. The second-order valence-electron chi connectivity index (χ2n) is 4.46. The molecule has 0 aromatic heterocycles. The Kier molecular flexibility index (Phi) is 5.30. The van der Waals surface area contributed by atoms with Crippen molar-refractivity contribution in [2.24, 2.45) is 0 Å². The van der Waals surface area contributed by atoms with Gasteiger partial charge in [0.2, 0.25) is 0 Å². The zero-order chi connectivity index (χ0) is 14.5. The Morgan fingerprint density at radius 2 is 1.95 bits per heavy atom. The van der Waals surface area contributed by atoms with Gasteiger partial charge in [0.1, 0.15) is 5.75 Å². The van der Waals surface area contributed by atoms with Crippen molar-refractivity contribution in [3.63, 3.8) is 0 Å². The Morgan fingerprint density at radius 3 is 2.65 bits per heavy atom. The molecule has 20 heavy (non-hydrogen) atoms. The minimum absolute atomic E-state index is 0.436. The number of ether oxygens (including phenoxy) is 1. The van der Waals surface area contributed by atoms with Crippen molar-refractivity contribution in [3.05, 3.63) is 63.6 Å². The molecule has 0 radical (unpaired) electrons. The van der Waals surface area contributed by atoms with Crippen LogP contribution in [0.25, 0.3) is 0 Å². The summed E-state index contributed by atoms with van der Waals surface area (Å²) in [6.07, 6.45) is -0.194. The quantitative estimate of drug-likeness (QED) is 0.869. The van der Waals surface area contributed by atoms with Gasteiger partial charge < -0.3 is 9.84 Å². The van der Waals surface area contributed by atoms with E-state index in [1.165, 1.54) is 0 Å². The summed E-state index contributed by atoms with van der Waals surface area (Å²) in [5.41, 5.74) is 1.67. The third-order valence-electron chi connectivity index (χ3n) is 2.98. The lowest BCUT2D eigenvalue weighted by molar-refractivity contribution is 0.178. The highest BCUT2D eigenvalue weighted by Gasteiger charge is 2.12. The van der Waals surface area contributed by atoms with Crippen LogP contribution >= 0.6 is 23.2 Å². The van der Waals surface area contributed by atoms with Gasteiger partial charge in [-0.3, -0.25) is 0 Å². The number of aliphatic hydroxyl groups excluding tert-OH is 1. The smallest absolute Gasteiger partial charge is 0.119 e. The summed E-state index contributed by atoms with van der Waals surface area (Å²) in [6, 6.07) is 12.7. The van der Waals surface area contributed by atoms with Crippen LogP contribution < -0.4 is 4.74 Å². The van der Waals surface area contributed by atoms with Gasteiger partial charge in [-0.05, 0) is 42.3 Å². The van der Waals surface area contributed by atoms with Crippen molar-refractivity contribution in [1.82, 2.24) is 0 Å². The molecule has 0 amide bonds. The van der Waals surface area contributed by atoms with Gasteiger partial charge in [-0.15, -0.1) is 0 Å². The first-order chi connectivity index (χ1) is 9.60. The second-order valence-corrected chi connectivity index (χ2v) is 5.30. The molecule has 0 fully saturated rings. The highest BCUT2D eigenvalue weighted by molar-refractivity contribution is 6.35. The molecule has 2 aromatic carbocycles. The fraction of sp³-hybridized carbons (Fsp3) is 0.250. The maximum absolute atomic E-state index is 10.3. The van der Waals surface area contributed by atoms with Gasteiger partial charge in [-0.2, -0.15) is 0 Å². The standard InChI is InChI=1S/C16H16Cl2O2/c1-2-20-14-5-3-4-12(8-14)16(19)9-11-6-7-13(17)10-15(11)18/h3-8,10,16,19H,2,9H2,1H3. The predicted octanol–water partition coefficient (Wildman–Crippen LogP) is 4.67. The molecule has 0 bridgehead atoms. The average molecular weight is 311 g/mol. The first kappa shape index (κ1) is 15.2. The van der Waals surface area contributed by atoms with Gasteiger partial charge >= 0.3 is 0 Å². The zero-order valence-corrected chi connectivity index (χ0v) is 12.7. The Bertz CT molecular complexity index is 584. The Balaban J connectivity index is 2.15. The van der Waals surface area contributed by atoms with Gasteiger partial charge in [-0.25, -0.2) is 0 Å². The van der Waals surface area contributed by atoms with Gasteiger partial charge in [0.25, 0.3) is 0 Å². The summed E-state index contributed by atoms with van der Waals surface area (Å²) in [4.78, 5) is 0. The van der Waals surface area contributed by atoms with E-state index >= 15 is 0 Å². The molecule has 1 atom stereocenters. The Morgan fingerprint density at radius 1 is 1.15 bits per heavy atom. The Hall–Kier alpha value is -1.22. The fourth-order valence-corrected chi connectivity index (χ4v) is 2.48.